The van der Waals surface area contributed by atoms with Crippen molar-refractivity contribution in [3.63, 3.8) is 0 Å². The van der Waals surface area contributed by atoms with Gasteiger partial charge in [-0.15, -0.1) is 0 Å². The maximum Gasteiger partial charge on any atom is 0.224 e. The lowest BCUT2D eigenvalue weighted by Gasteiger charge is -2.12. The van der Waals surface area contributed by atoms with Crippen LogP contribution in [-0.2, 0) is 0 Å². The number of rotatable bonds is 1. The van der Waals surface area contributed by atoms with E-state index in [2.05, 4.69) is 41.2 Å². The molecule has 0 saturated carbocycles. The third-order valence-electron chi connectivity index (χ3n) is 5.37. The van der Waals surface area contributed by atoms with Crippen LogP contribution in [0.15, 0.2) is 78.9 Å². The summed E-state index contributed by atoms with van der Waals surface area (Å²) in [6, 6.07) is 27.6. The number of benzene rings is 5. The topological polar surface area (TPSA) is 28.1 Å². The van der Waals surface area contributed by atoms with Crippen LogP contribution < -0.4 is 0 Å². The molecule has 0 aliphatic rings. The maximum absolute atomic E-state index is 14.2. The Hall–Kier alpha value is -4.15. The summed E-state index contributed by atoms with van der Waals surface area (Å²) in [6.45, 7) is 7.22. The molecular weight excluding hydrogens is 370 g/mol. The Bertz CT molecular complexity index is 1470. The molecule has 0 atom stereocenters. The van der Waals surface area contributed by atoms with E-state index < -0.39 is 5.82 Å². The average Bonchev–Trinajstić information content (AvgIpc) is 2.79. The van der Waals surface area contributed by atoms with Gasteiger partial charge in [0.1, 0.15) is 11.9 Å². The highest BCUT2D eigenvalue weighted by molar-refractivity contribution is 6.25. The van der Waals surface area contributed by atoms with Crippen molar-refractivity contribution < 1.29 is 4.39 Å². The lowest BCUT2D eigenvalue weighted by atomic mass is 9.91. The third-order valence-corrected chi connectivity index (χ3v) is 5.37. The van der Waals surface area contributed by atoms with Crippen LogP contribution in [0.2, 0.25) is 0 Å². The van der Waals surface area contributed by atoms with Crippen molar-refractivity contribution in [1.82, 2.24) is 0 Å². The minimum atomic E-state index is -0.761. The summed E-state index contributed by atoms with van der Waals surface area (Å²) in [5.74, 6) is -0.761. The molecule has 0 heterocycles. The van der Waals surface area contributed by atoms with Gasteiger partial charge in [0.25, 0.3) is 0 Å². The average molecular weight is 383 g/mol. The molecule has 0 amide bonds. The van der Waals surface area contributed by atoms with Gasteiger partial charge in [-0.25, -0.2) is 9.24 Å². The van der Waals surface area contributed by atoms with Crippen LogP contribution in [0.3, 0.4) is 0 Å². The molecule has 0 N–H and O–H groups in total. The molecule has 5 aromatic rings. The fraction of sp³-hybridized carbons (Fsp3) is 0. The molecule has 137 valence electrons. The number of hydrogen-bond donors (Lipinski definition) is 0. The van der Waals surface area contributed by atoms with Crippen molar-refractivity contribution >= 4 is 46.4 Å². The van der Waals surface area contributed by atoms with Gasteiger partial charge in [0.2, 0.25) is 5.69 Å². The molecule has 5 aromatic carbocycles. The first-order chi connectivity index (χ1) is 14.2. The Morgan fingerprint density at radius 3 is 1.77 bits per heavy atom. The summed E-state index contributed by atoms with van der Waals surface area (Å²) in [5.41, 5.74) is 1.26. The van der Waals surface area contributed by atoms with Gasteiger partial charge in [-0.1, -0.05) is 60.7 Å². The van der Waals surface area contributed by atoms with Gasteiger partial charge in [0, 0.05) is 8.41 Å². The molecule has 0 unspecified atom stereocenters. The van der Waals surface area contributed by atoms with Crippen LogP contribution >= 0.6 is 0 Å². The number of nitriles is 1. The van der Waals surface area contributed by atoms with Crippen LogP contribution in [0.1, 0.15) is 5.56 Å². The van der Waals surface area contributed by atoms with Crippen LogP contribution in [-0.4, -0.2) is 8.41 Å². The second-order valence-electron chi connectivity index (χ2n) is 6.93. The van der Waals surface area contributed by atoms with Crippen molar-refractivity contribution in [3.05, 3.63) is 102 Å². The van der Waals surface area contributed by atoms with Crippen LogP contribution in [0.25, 0.3) is 48.3 Å². The van der Waals surface area contributed by atoms with E-state index in [0.29, 0.717) is 5.56 Å². The standard InChI is InChI=1S/C26H13FN2.B/c1-29-25-14-17(12-18(15-28)26(25)27)16-10-11-23-21-8-3-2-6-19(21)20-7-4-5-9-22(20)24(23)13-16;/h2-14H;. The predicted molar refractivity (Wildman–Crippen MR) is 121 cm³/mol. The smallest absolute Gasteiger partial charge is 0.224 e. The van der Waals surface area contributed by atoms with E-state index in [0.717, 1.165) is 21.7 Å². The summed E-state index contributed by atoms with van der Waals surface area (Å²) >= 11 is 0. The number of nitrogens with zero attached hydrogens (tertiary/aromatic N) is 2. The Morgan fingerprint density at radius 2 is 1.23 bits per heavy atom. The highest BCUT2D eigenvalue weighted by Gasteiger charge is 2.13. The molecule has 0 fully saturated rings. The Labute approximate surface area is 175 Å². The van der Waals surface area contributed by atoms with Crippen molar-refractivity contribution in [2.45, 2.75) is 0 Å². The zero-order valence-corrected chi connectivity index (χ0v) is 15.9. The number of fused-ring (bicyclic) bond motifs is 6. The summed E-state index contributed by atoms with van der Waals surface area (Å²) in [4.78, 5) is 3.24. The van der Waals surface area contributed by atoms with Gasteiger partial charge in [0.15, 0.2) is 0 Å². The predicted octanol–water partition coefficient (Wildman–Crippen LogP) is 6.99. The molecule has 0 aliphatic carbocycles. The van der Waals surface area contributed by atoms with Gasteiger partial charge in [0.05, 0.1) is 12.1 Å². The first kappa shape index (κ1) is 19.2. The zero-order chi connectivity index (χ0) is 20.0. The zero-order valence-electron chi connectivity index (χ0n) is 15.9. The molecule has 0 aromatic heterocycles. The van der Waals surface area contributed by atoms with E-state index in [9.17, 15) is 9.65 Å². The Balaban J connectivity index is 0.00000218. The van der Waals surface area contributed by atoms with E-state index in [1.807, 2.05) is 36.4 Å². The maximum atomic E-state index is 14.2. The Kier molecular flexibility index (Phi) is 4.70. The van der Waals surface area contributed by atoms with Gasteiger partial charge in [-0.05, 0) is 61.6 Å². The van der Waals surface area contributed by atoms with Crippen LogP contribution in [0, 0.1) is 23.7 Å². The number of halogens is 1. The fourth-order valence-corrected chi connectivity index (χ4v) is 4.03. The quantitative estimate of drug-likeness (QED) is 0.174. The van der Waals surface area contributed by atoms with E-state index >= 15 is 0 Å². The minimum Gasteiger partial charge on any atom is -0.235 e. The van der Waals surface area contributed by atoms with Crippen LogP contribution in [0.4, 0.5) is 10.1 Å². The Morgan fingerprint density at radius 1 is 0.700 bits per heavy atom. The van der Waals surface area contributed by atoms with Crippen molar-refractivity contribution in [2.75, 3.05) is 0 Å². The minimum absolute atomic E-state index is 0. The van der Waals surface area contributed by atoms with Gasteiger partial charge >= 0.3 is 0 Å². The lowest BCUT2D eigenvalue weighted by molar-refractivity contribution is 0.630. The first-order valence-electron chi connectivity index (χ1n) is 9.16. The number of hydrogen-bond acceptors (Lipinski definition) is 1. The molecule has 0 aliphatic heterocycles. The van der Waals surface area contributed by atoms with Crippen LogP contribution in [0.5, 0.6) is 0 Å². The first-order valence-corrected chi connectivity index (χ1v) is 9.16. The second-order valence-corrected chi connectivity index (χ2v) is 6.93. The van der Waals surface area contributed by atoms with Gasteiger partial charge < -0.3 is 0 Å². The van der Waals surface area contributed by atoms with Crippen molar-refractivity contribution in [2.24, 2.45) is 0 Å². The third kappa shape index (κ3) is 2.79. The molecule has 4 heteroatoms. The highest BCUT2D eigenvalue weighted by atomic mass is 19.1. The summed E-state index contributed by atoms with van der Waals surface area (Å²) in [5, 5.41) is 16.2. The lowest BCUT2D eigenvalue weighted by Crippen LogP contribution is -1.88. The largest absolute Gasteiger partial charge is 0.235 e. The molecule has 0 bridgehead atoms. The second kappa shape index (κ2) is 7.35. The highest BCUT2D eigenvalue weighted by Crippen LogP contribution is 2.38. The monoisotopic (exact) mass is 383 g/mol. The molecule has 0 saturated heterocycles. The molecule has 5 rings (SSSR count). The van der Waals surface area contributed by atoms with Gasteiger partial charge in [-0.3, -0.25) is 0 Å². The van der Waals surface area contributed by atoms with E-state index in [-0.39, 0.29) is 19.7 Å². The molecule has 30 heavy (non-hydrogen) atoms. The summed E-state index contributed by atoms with van der Waals surface area (Å²) < 4.78 is 14.2. The fourth-order valence-electron chi connectivity index (χ4n) is 4.03. The van der Waals surface area contributed by atoms with E-state index in [4.69, 9.17) is 6.57 Å². The summed E-state index contributed by atoms with van der Waals surface area (Å²) in [6.07, 6.45) is 0. The molecule has 3 radical (unpaired) electrons. The molecule has 0 spiro atoms. The SMILES string of the molecule is [B].[C-]#[N+]c1cc(-c2ccc3c4ccccc4c4ccccc4c3c2)cc(C#N)c1F. The van der Waals surface area contributed by atoms with Gasteiger partial charge in [-0.2, -0.15) is 5.26 Å². The summed E-state index contributed by atoms with van der Waals surface area (Å²) in [7, 11) is 0. The van der Waals surface area contributed by atoms with Crippen molar-refractivity contribution in [1.29, 1.82) is 5.26 Å². The van der Waals surface area contributed by atoms with E-state index in [1.54, 1.807) is 0 Å². The van der Waals surface area contributed by atoms with Crippen molar-refractivity contribution in [3.8, 4) is 17.2 Å². The molecule has 2 nitrogen and oxygen atoms in total. The normalized spacial score (nSPS) is 10.5. The van der Waals surface area contributed by atoms with E-state index in [1.165, 1.54) is 28.3 Å². The molecular formula is C26H13BFN2.